The van der Waals surface area contributed by atoms with Crippen LogP contribution in [0.25, 0.3) is 0 Å². The minimum absolute atomic E-state index is 0.102. The first kappa shape index (κ1) is 15.3. The third kappa shape index (κ3) is 4.76. The second kappa shape index (κ2) is 8.34. The summed E-state index contributed by atoms with van der Waals surface area (Å²) in [6.07, 6.45) is 10.3. The van der Waals surface area contributed by atoms with Crippen LogP contribution in [0.5, 0.6) is 0 Å². The lowest BCUT2D eigenvalue weighted by Gasteiger charge is -2.42. The molecule has 1 aliphatic heterocycles. The van der Waals surface area contributed by atoms with Gasteiger partial charge in [-0.15, -0.1) is 0 Å². The molecule has 2 nitrogen and oxygen atoms in total. The second-order valence-corrected chi connectivity index (χ2v) is 5.64. The van der Waals surface area contributed by atoms with E-state index in [0.717, 1.165) is 26.2 Å². The number of hydrogen-bond acceptors (Lipinski definition) is 2. The number of unbranched alkanes of at least 4 members (excludes halogenated alkanes) is 5. The van der Waals surface area contributed by atoms with Crippen LogP contribution in [0.1, 0.15) is 65.2 Å². The summed E-state index contributed by atoms with van der Waals surface area (Å²) in [5, 5.41) is 0. The Morgan fingerprint density at radius 3 is 2.47 bits per heavy atom. The van der Waals surface area contributed by atoms with E-state index in [0.29, 0.717) is 0 Å². The fourth-order valence-corrected chi connectivity index (χ4v) is 2.91. The fourth-order valence-electron chi connectivity index (χ4n) is 2.59. The van der Waals surface area contributed by atoms with Crippen LogP contribution in [0, 0.1) is 0 Å². The molecule has 1 saturated heterocycles. The maximum atomic E-state index is 6.36. The van der Waals surface area contributed by atoms with E-state index in [4.69, 9.17) is 16.5 Å². The van der Waals surface area contributed by atoms with Gasteiger partial charge in [-0.05, 0) is 24.6 Å². The Labute approximate surface area is 112 Å². The van der Waals surface area contributed by atoms with Gasteiger partial charge in [0, 0.05) is 6.54 Å². The van der Waals surface area contributed by atoms with Crippen molar-refractivity contribution in [3.63, 3.8) is 0 Å². The Morgan fingerprint density at radius 1 is 1.12 bits per heavy atom. The van der Waals surface area contributed by atoms with Crippen LogP contribution in [0.4, 0.5) is 0 Å². The van der Waals surface area contributed by atoms with Crippen LogP contribution in [-0.4, -0.2) is 29.7 Å². The highest BCUT2D eigenvalue weighted by Gasteiger charge is 2.36. The summed E-state index contributed by atoms with van der Waals surface area (Å²) in [6.45, 7) is 6.94. The molecule has 1 unspecified atom stereocenters. The molecule has 0 N–H and O–H groups in total. The molecule has 1 fully saturated rings. The smallest absolute Gasteiger partial charge is 0.0663 e. The number of morpholine rings is 1. The molecule has 0 bridgehead atoms. The molecule has 0 aromatic heterocycles. The summed E-state index contributed by atoms with van der Waals surface area (Å²) in [4.78, 5) is 0. The first-order valence-electron chi connectivity index (χ1n) is 7.26. The molecule has 1 rings (SSSR count). The molecule has 0 aromatic rings. The van der Waals surface area contributed by atoms with Gasteiger partial charge in [0.25, 0.3) is 0 Å². The molecule has 0 spiro atoms. The van der Waals surface area contributed by atoms with E-state index in [-0.39, 0.29) is 5.54 Å². The number of ether oxygens (including phenoxy) is 1. The van der Waals surface area contributed by atoms with Gasteiger partial charge >= 0.3 is 0 Å². The molecule has 0 radical (unpaired) electrons. The van der Waals surface area contributed by atoms with Gasteiger partial charge in [-0.3, -0.25) is 0 Å². The van der Waals surface area contributed by atoms with Gasteiger partial charge in [0.1, 0.15) is 0 Å². The summed E-state index contributed by atoms with van der Waals surface area (Å²) in [6, 6.07) is 0. The Morgan fingerprint density at radius 2 is 1.82 bits per heavy atom. The lowest BCUT2D eigenvalue weighted by atomic mass is 9.89. The van der Waals surface area contributed by atoms with Crippen molar-refractivity contribution in [3.05, 3.63) is 0 Å². The van der Waals surface area contributed by atoms with E-state index in [1.165, 1.54) is 44.9 Å². The molecule has 0 saturated carbocycles. The average Bonchev–Trinajstić information content (AvgIpc) is 2.36. The van der Waals surface area contributed by atoms with Crippen LogP contribution < -0.4 is 0 Å². The minimum atomic E-state index is 0.102. The highest BCUT2D eigenvalue weighted by molar-refractivity contribution is 6.13. The third-order valence-corrected chi connectivity index (χ3v) is 4.50. The lowest BCUT2D eigenvalue weighted by Crippen LogP contribution is -2.52. The Bertz CT molecular complexity index is 201. The van der Waals surface area contributed by atoms with Crippen molar-refractivity contribution in [3.8, 4) is 0 Å². The highest BCUT2D eigenvalue weighted by Crippen LogP contribution is 2.31. The van der Waals surface area contributed by atoms with E-state index >= 15 is 0 Å². The molecule has 0 aliphatic carbocycles. The van der Waals surface area contributed by atoms with Crippen LogP contribution in [0.2, 0.25) is 0 Å². The van der Waals surface area contributed by atoms with Crippen molar-refractivity contribution >= 4 is 11.8 Å². The Kier molecular flexibility index (Phi) is 7.49. The molecule has 1 aliphatic rings. The van der Waals surface area contributed by atoms with Gasteiger partial charge in [0.15, 0.2) is 0 Å². The van der Waals surface area contributed by atoms with Crippen molar-refractivity contribution in [2.75, 3.05) is 19.8 Å². The van der Waals surface area contributed by atoms with Crippen LogP contribution in [0.15, 0.2) is 0 Å². The quantitative estimate of drug-likeness (QED) is 0.475. The predicted molar refractivity (Wildman–Crippen MR) is 74.4 cm³/mol. The van der Waals surface area contributed by atoms with Crippen molar-refractivity contribution in [1.29, 1.82) is 0 Å². The van der Waals surface area contributed by atoms with Gasteiger partial charge in [-0.25, -0.2) is 4.42 Å². The molecule has 17 heavy (non-hydrogen) atoms. The number of hydrogen-bond donors (Lipinski definition) is 0. The Balaban J connectivity index is 2.21. The van der Waals surface area contributed by atoms with Gasteiger partial charge < -0.3 is 4.74 Å². The molecular weight excluding hydrogens is 234 g/mol. The van der Waals surface area contributed by atoms with Crippen LogP contribution >= 0.6 is 11.8 Å². The fraction of sp³-hybridized carbons (Fsp3) is 1.00. The van der Waals surface area contributed by atoms with Gasteiger partial charge in [-0.2, -0.15) is 0 Å². The molecule has 0 amide bonds. The number of nitrogens with zero attached hydrogens (tertiary/aromatic N) is 1. The highest BCUT2D eigenvalue weighted by atomic mass is 35.5. The molecule has 3 heteroatoms. The van der Waals surface area contributed by atoms with E-state index in [1.807, 2.05) is 4.42 Å². The average molecular weight is 262 g/mol. The molecule has 102 valence electrons. The lowest BCUT2D eigenvalue weighted by molar-refractivity contribution is -0.0327. The van der Waals surface area contributed by atoms with Gasteiger partial charge in [-0.1, -0.05) is 52.4 Å². The van der Waals surface area contributed by atoms with E-state index in [9.17, 15) is 0 Å². The predicted octanol–water partition coefficient (Wildman–Crippen LogP) is 4.37. The normalized spacial score (nSPS) is 26.3. The van der Waals surface area contributed by atoms with E-state index in [1.54, 1.807) is 0 Å². The third-order valence-electron chi connectivity index (χ3n) is 3.97. The van der Waals surface area contributed by atoms with Crippen LogP contribution in [0.3, 0.4) is 0 Å². The monoisotopic (exact) mass is 261 g/mol. The largest absolute Gasteiger partial charge is 0.378 e. The van der Waals surface area contributed by atoms with Crippen molar-refractivity contribution in [1.82, 2.24) is 4.42 Å². The zero-order valence-corrected chi connectivity index (χ0v) is 12.3. The van der Waals surface area contributed by atoms with E-state index < -0.39 is 0 Å². The van der Waals surface area contributed by atoms with E-state index in [2.05, 4.69) is 13.8 Å². The Hall–Kier alpha value is 0.210. The summed E-state index contributed by atoms with van der Waals surface area (Å²) in [5.74, 6) is 0. The van der Waals surface area contributed by atoms with Gasteiger partial charge in [0.2, 0.25) is 0 Å². The second-order valence-electron chi connectivity index (χ2n) is 5.23. The standard InChI is InChI=1S/C14H28ClNO/c1-3-5-6-7-8-9-10-14(4-2)13-17-12-11-16(14)15/h3-13H2,1-2H3. The zero-order valence-electron chi connectivity index (χ0n) is 11.5. The minimum Gasteiger partial charge on any atom is -0.378 e. The van der Waals surface area contributed by atoms with Gasteiger partial charge in [0.05, 0.1) is 18.8 Å². The summed E-state index contributed by atoms with van der Waals surface area (Å²) in [5.41, 5.74) is 0.102. The maximum absolute atomic E-state index is 6.36. The summed E-state index contributed by atoms with van der Waals surface area (Å²) < 4.78 is 7.62. The summed E-state index contributed by atoms with van der Waals surface area (Å²) in [7, 11) is 0. The SMILES string of the molecule is CCCCCCCCC1(CC)COCCN1Cl. The molecular formula is C14H28ClNO. The zero-order chi connectivity index (χ0) is 12.6. The molecule has 0 aromatic carbocycles. The number of halogens is 1. The number of rotatable bonds is 8. The van der Waals surface area contributed by atoms with Crippen LogP contribution in [-0.2, 0) is 4.74 Å². The molecule has 1 heterocycles. The first-order valence-corrected chi connectivity index (χ1v) is 7.60. The first-order chi connectivity index (χ1) is 8.25. The maximum Gasteiger partial charge on any atom is 0.0663 e. The summed E-state index contributed by atoms with van der Waals surface area (Å²) >= 11 is 6.36. The van der Waals surface area contributed by atoms with Crippen molar-refractivity contribution < 1.29 is 4.74 Å². The van der Waals surface area contributed by atoms with Crippen molar-refractivity contribution in [2.24, 2.45) is 0 Å². The molecule has 1 atom stereocenters. The topological polar surface area (TPSA) is 12.5 Å². The van der Waals surface area contributed by atoms with Crippen molar-refractivity contribution in [2.45, 2.75) is 70.8 Å².